The zero-order valence-corrected chi connectivity index (χ0v) is 15.0. The van der Waals surface area contributed by atoms with Gasteiger partial charge < -0.3 is 4.90 Å². The Morgan fingerprint density at radius 1 is 1.27 bits per heavy atom. The molecule has 0 aliphatic carbocycles. The molecule has 6 heteroatoms. The summed E-state index contributed by atoms with van der Waals surface area (Å²) in [6.07, 6.45) is 6.21. The molecule has 134 valence electrons. The molecule has 0 bridgehead atoms. The van der Waals surface area contributed by atoms with Gasteiger partial charge in [-0.25, -0.2) is 4.52 Å². The Morgan fingerprint density at radius 3 is 3.04 bits per heavy atom. The van der Waals surface area contributed by atoms with Crippen molar-refractivity contribution in [3.63, 3.8) is 0 Å². The number of pyridine rings is 1. The number of nitrogens with zero attached hydrogens (tertiary/aromatic N) is 5. The van der Waals surface area contributed by atoms with Gasteiger partial charge in [0.15, 0.2) is 5.65 Å². The second kappa shape index (κ2) is 7.23. The van der Waals surface area contributed by atoms with Crippen LogP contribution in [0.3, 0.4) is 0 Å². The second-order valence-corrected chi connectivity index (χ2v) is 7.12. The minimum absolute atomic E-state index is 0.0797. The first-order valence-corrected chi connectivity index (χ1v) is 9.22. The van der Waals surface area contributed by atoms with E-state index in [1.165, 1.54) is 17.5 Å². The minimum atomic E-state index is 0.0797. The summed E-state index contributed by atoms with van der Waals surface area (Å²) in [5.74, 6) is 0.641. The van der Waals surface area contributed by atoms with Gasteiger partial charge in [-0.3, -0.25) is 4.79 Å². The van der Waals surface area contributed by atoms with Gasteiger partial charge in [0.1, 0.15) is 0 Å². The summed E-state index contributed by atoms with van der Waals surface area (Å²) in [5, 5.41) is 11.4. The van der Waals surface area contributed by atoms with Gasteiger partial charge in [0.2, 0.25) is 0 Å². The number of hydrogen-bond donors (Lipinski definition) is 0. The Morgan fingerprint density at radius 2 is 2.15 bits per heavy atom. The molecule has 4 rings (SSSR count). The van der Waals surface area contributed by atoms with Crippen molar-refractivity contribution in [1.29, 1.82) is 0 Å². The number of carbonyl (C=O) groups excluding carboxylic acids is 1. The molecule has 1 aromatic carbocycles. The Labute approximate surface area is 152 Å². The number of likely N-dealkylation sites (tertiary alicyclic amines) is 1. The summed E-state index contributed by atoms with van der Waals surface area (Å²) in [6, 6.07) is 12.1. The number of carbonyl (C=O) groups is 1. The lowest BCUT2D eigenvalue weighted by molar-refractivity contribution is 0.0668. The molecule has 1 amide bonds. The van der Waals surface area contributed by atoms with Crippen LogP contribution in [0.25, 0.3) is 5.65 Å². The first kappa shape index (κ1) is 16.7. The van der Waals surface area contributed by atoms with Gasteiger partial charge in [-0.05, 0) is 72.2 Å². The molecule has 0 saturated carbocycles. The summed E-state index contributed by atoms with van der Waals surface area (Å²) in [4.78, 5) is 14.9. The van der Waals surface area contributed by atoms with Gasteiger partial charge in [-0.1, -0.05) is 24.3 Å². The largest absolute Gasteiger partial charge is 0.338 e. The van der Waals surface area contributed by atoms with Crippen molar-refractivity contribution < 1.29 is 4.79 Å². The SMILES string of the molecule is Cc1ccccc1CC[C@@H]1CCCN(C(=O)c2ccn3nnnc3c2)C1. The van der Waals surface area contributed by atoms with Crippen molar-refractivity contribution in [2.24, 2.45) is 5.92 Å². The van der Waals surface area contributed by atoms with Crippen LogP contribution in [0, 0.1) is 12.8 Å². The van der Waals surface area contributed by atoms with Gasteiger partial charge in [-0.15, -0.1) is 5.10 Å². The molecule has 0 N–H and O–H groups in total. The molecule has 1 fully saturated rings. The molecule has 3 heterocycles. The van der Waals surface area contributed by atoms with E-state index in [0.29, 0.717) is 17.1 Å². The van der Waals surface area contributed by atoms with E-state index in [9.17, 15) is 4.79 Å². The third kappa shape index (κ3) is 3.45. The average molecular weight is 349 g/mol. The fourth-order valence-corrected chi connectivity index (χ4v) is 3.79. The normalized spacial score (nSPS) is 17.6. The van der Waals surface area contributed by atoms with Crippen LogP contribution in [-0.4, -0.2) is 43.9 Å². The van der Waals surface area contributed by atoms with Crippen LogP contribution in [-0.2, 0) is 6.42 Å². The van der Waals surface area contributed by atoms with Crippen LogP contribution >= 0.6 is 0 Å². The Balaban J connectivity index is 1.41. The molecular weight excluding hydrogens is 326 g/mol. The number of hydrogen-bond acceptors (Lipinski definition) is 4. The van der Waals surface area contributed by atoms with Crippen LogP contribution in [0.4, 0.5) is 0 Å². The first-order chi connectivity index (χ1) is 12.7. The number of fused-ring (bicyclic) bond motifs is 1. The third-order valence-corrected chi connectivity index (χ3v) is 5.33. The second-order valence-electron chi connectivity index (χ2n) is 7.12. The number of amides is 1. The zero-order valence-electron chi connectivity index (χ0n) is 15.0. The van der Waals surface area contributed by atoms with Gasteiger partial charge in [0.25, 0.3) is 5.91 Å². The average Bonchev–Trinajstić information content (AvgIpc) is 3.15. The van der Waals surface area contributed by atoms with Crippen molar-refractivity contribution in [1.82, 2.24) is 24.9 Å². The minimum Gasteiger partial charge on any atom is -0.338 e. The van der Waals surface area contributed by atoms with Crippen LogP contribution in [0.2, 0.25) is 0 Å². The maximum absolute atomic E-state index is 12.9. The summed E-state index contributed by atoms with van der Waals surface area (Å²) in [6.45, 7) is 3.83. The van der Waals surface area contributed by atoms with Gasteiger partial charge >= 0.3 is 0 Å². The van der Waals surface area contributed by atoms with E-state index < -0.39 is 0 Å². The third-order valence-electron chi connectivity index (χ3n) is 5.33. The molecule has 3 aromatic rings. The van der Waals surface area contributed by atoms with Crippen molar-refractivity contribution in [2.75, 3.05) is 13.1 Å². The molecule has 0 radical (unpaired) electrons. The van der Waals surface area contributed by atoms with Crippen molar-refractivity contribution in [3.05, 3.63) is 59.3 Å². The lowest BCUT2D eigenvalue weighted by Gasteiger charge is -2.33. The van der Waals surface area contributed by atoms with E-state index in [1.807, 2.05) is 4.90 Å². The fourth-order valence-electron chi connectivity index (χ4n) is 3.79. The van der Waals surface area contributed by atoms with Crippen LogP contribution in [0.5, 0.6) is 0 Å². The Kier molecular flexibility index (Phi) is 4.65. The van der Waals surface area contributed by atoms with Crippen LogP contribution < -0.4 is 0 Å². The maximum atomic E-state index is 12.9. The molecule has 0 spiro atoms. The highest BCUT2D eigenvalue weighted by atomic mass is 16.2. The lowest BCUT2D eigenvalue weighted by atomic mass is 9.90. The van der Waals surface area contributed by atoms with Gasteiger partial charge in [0.05, 0.1) is 0 Å². The van der Waals surface area contributed by atoms with Crippen molar-refractivity contribution >= 4 is 11.6 Å². The number of aromatic nitrogens is 4. The molecule has 2 aromatic heterocycles. The summed E-state index contributed by atoms with van der Waals surface area (Å²) in [7, 11) is 0. The molecular formula is C20H23N5O. The van der Waals surface area contributed by atoms with Crippen LogP contribution in [0.1, 0.15) is 40.7 Å². The van der Waals surface area contributed by atoms with E-state index >= 15 is 0 Å². The first-order valence-electron chi connectivity index (χ1n) is 9.22. The predicted octanol–water partition coefficient (Wildman–Crippen LogP) is 2.92. The van der Waals surface area contributed by atoms with Crippen LogP contribution in [0.15, 0.2) is 42.6 Å². The highest BCUT2D eigenvalue weighted by Gasteiger charge is 2.24. The maximum Gasteiger partial charge on any atom is 0.254 e. The molecule has 1 aliphatic heterocycles. The number of tetrazole rings is 1. The number of aryl methyl sites for hydroxylation is 2. The van der Waals surface area contributed by atoms with Gasteiger partial charge in [0, 0.05) is 24.8 Å². The van der Waals surface area contributed by atoms with Crippen molar-refractivity contribution in [2.45, 2.75) is 32.6 Å². The molecule has 6 nitrogen and oxygen atoms in total. The predicted molar refractivity (Wildman–Crippen MR) is 98.9 cm³/mol. The number of piperidine rings is 1. The quantitative estimate of drug-likeness (QED) is 0.726. The van der Waals surface area contributed by atoms with Gasteiger partial charge in [-0.2, -0.15) is 0 Å². The van der Waals surface area contributed by atoms with E-state index in [-0.39, 0.29) is 5.91 Å². The fraction of sp³-hybridized carbons (Fsp3) is 0.400. The molecule has 1 saturated heterocycles. The highest BCUT2D eigenvalue weighted by molar-refractivity contribution is 5.95. The Hall–Kier alpha value is -2.76. The smallest absolute Gasteiger partial charge is 0.254 e. The molecule has 1 atom stereocenters. The number of benzene rings is 1. The highest BCUT2D eigenvalue weighted by Crippen LogP contribution is 2.24. The monoisotopic (exact) mass is 349 g/mol. The standard InChI is InChI=1S/C20H23N5O/c1-15-5-2-3-7-17(15)9-8-16-6-4-11-24(14-16)20(26)18-10-12-25-19(13-18)21-22-23-25/h2-3,5,7,10,12-13,16H,4,6,8-9,11,14H2,1H3/t16-/m0/s1. The zero-order chi connectivity index (χ0) is 17.9. The Bertz CT molecular complexity index is 919. The topological polar surface area (TPSA) is 63.4 Å². The molecule has 1 aliphatic rings. The molecule has 26 heavy (non-hydrogen) atoms. The summed E-state index contributed by atoms with van der Waals surface area (Å²) in [5.41, 5.74) is 4.03. The molecule has 0 unspecified atom stereocenters. The van der Waals surface area contributed by atoms with E-state index in [2.05, 4.69) is 46.7 Å². The summed E-state index contributed by atoms with van der Waals surface area (Å²) >= 11 is 0. The van der Waals surface area contributed by atoms with E-state index in [1.54, 1.807) is 22.8 Å². The lowest BCUT2D eigenvalue weighted by Crippen LogP contribution is -2.40. The van der Waals surface area contributed by atoms with Crippen molar-refractivity contribution in [3.8, 4) is 0 Å². The van der Waals surface area contributed by atoms with E-state index in [4.69, 9.17) is 0 Å². The number of rotatable bonds is 4. The van der Waals surface area contributed by atoms with E-state index in [0.717, 1.165) is 32.4 Å². The summed E-state index contributed by atoms with van der Waals surface area (Å²) < 4.78 is 1.57.